The van der Waals surface area contributed by atoms with Gasteiger partial charge in [-0.3, -0.25) is 4.79 Å². The molecule has 2 rings (SSSR count). The van der Waals surface area contributed by atoms with Crippen molar-refractivity contribution in [2.24, 2.45) is 5.14 Å². The summed E-state index contributed by atoms with van der Waals surface area (Å²) in [5, 5.41) is 11.2. The number of benzene rings is 1. The van der Waals surface area contributed by atoms with Gasteiger partial charge in [0.25, 0.3) is 5.91 Å². The van der Waals surface area contributed by atoms with Crippen molar-refractivity contribution in [3.63, 3.8) is 0 Å². The minimum Gasteiger partial charge on any atom is -0.368 e. The third-order valence-electron chi connectivity index (χ3n) is 4.23. The molecule has 0 spiro atoms. The number of amides is 1. The number of nitrogens with one attached hydrogen (secondary N) is 2. The number of piperidine rings is 1. The Kier molecular flexibility index (Phi) is 5.41. The van der Waals surface area contributed by atoms with Gasteiger partial charge in [0.1, 0.15) is 5.60 Å². The van der Waals surface area contributed by atoms with Crippen LogP contribution in [0.4, 0.5) is 5.69 Å². The molecule has 1 aromatic carbocycles. The molecule has 0 aromatic heterocycles. The fourth-order valence-electron chi connectivity index (χ4n) is 2.79. The fourth-order valence-corrected chi connectivity index (χ4v) is 3.66. The van der Waals surface area contributed by atoms with Crippen LogP contribution < -0.4 is 15.8 Å². The van der Waals surface area contributed by atoms with E-state index in [1.54, 1.807) is 12.1 Å². The predicted octanol–water partition coefficient (Wildman–Crippen LogP) is 0.604. The molecule has 1 aromatic rings. The number of hydrogen-bond donors (Lipinski definition) is 3. The zero-order chi connectivity index (χ0) is 17.1. The van der Waals surface area contributed by atoms with Crippen LogP contribution in [0.2, 0.25) is 0 Å². The summed E-state index contributed by atoms with van der Waals surface area (Å²) >= 11 is 0. The molecule has 1 aliphatic heterocycles. The zero-order valence-electron chi connectivity index (χ0n) is 13.4. The van der Waals surface area contributed by atoms with Crippen molar-refractivity contribution in [1.29, 1.82) is 0 Å². The number of nitrogens with two attached hydrogens (primary N) is 1. The Labute approximate surface area is 136 Å². The van der Waals surface area contributed by atoms with E-state index in [1.807, 2.05) is 6.92 Å². The van der Waals surface area contributed by atoms with Gasteiger partial charge >= 0.3 is 0 Å². The minimum atomic E-state index is -3.84. The Morgan fingerprint density at radius 1 is 1.39 bits per heavy atom. The summed E-state index contributed by atoms with van der Waals surface area (Å²) < 4.78 is 28.9. The molecule has 0 aliphatic carbocycles. The van der Waals surface area contributed by atoms with E-state index in [4.69, 9.17) is 9.88 Å². The Bertz CT molecular complexity index is 682. The molecule has 23 heavy (non-hydrogen) atoms. The Hall–Kier alpha value is -1.48. The number of carbonyl (C=O) groups is 1. The third kappa shape index (κ3) is 3.89. The van der Waals surface area contributed by atoms with Crippen LogP contribution in [-0.2, 0) is 26.0 Å². The summed E-state index contributed by atoms with van der Waals surface area (Å²) in [4.78, 5) is 12.6. The van der Waals surface area contributed by atoms with E-state index in [9.17, 15) is 13.2 Å². The lowest BCUT2D eigenvalue weighted by Gasteiger charge is -2.34. The number of anilines is 1. The van der Waals surface area contributed by atoms with Gasteiger partial charge in [0.2, 0.25) is 10.0 Å². The van der Waals surface area contributed by atoms with E-state index in [0.29, 0.717) is 43.6 Å². The van der Waals surface area contributed by atoms with Gasteiger partial charge in [-0.2, -0.15) is 0 Å². The molecule has 0 radical (unpaired) electrons. The molecule has 7 nitrogen and oxygen atoms in total. The molecule has 0 unspecified atom stereocenters. The molecule has 1 fully saturated rings. The maximum Gasteiger partial charge on any atom is 0.256 e. The molecular weight excluding hydrogens is 318 g/mol. The summed E-state index contributed by atoms with van der Waals surface area (Å²) in [6.45, 7) is 3.23. The van der Waals surface area contributed by atoms with E-state index in [1.165, 1.54) is 13.2 Å². The summed E-state index contributed by atoms with van der Waals surface area (Å²) in [5.41, 5.74) is 0.121. The topological polar surface area (TPSA) is 111 Å². The number of rotatable bonds is 5. The van der Waals surface area contributed by atoms with E-state index in [0.717, 1.165) is 0 Å². The number of methoxy groups -OCH3 is 1. The van der Waals surface area contributed by atoms with Crippen molar-refractivity contribution < 1.29 is 17.9 Å². The molecule has 8 heteroatoms. The second-order valence-corrected chi connectivity index (χ2v) is 7.15. The number of hydrogen-bond acceptors (Lipinski definition) is 5. The first-order chi connectivity index (χ1) is 10.8. The quantitative estimate of drug-likeness (QED) is 0.726. The Morgan fingerprint density at radius 3 is 2.57 bits per heavy atom. The first-order valence-corrected chi connectivity index (χ1v) is 9.10. The zero-order valence-corrected chi connectivity index (χ0v) is 14.2. The smallest absolute Gasteiger partial charge is 0.256 e. The van der Waals surface area contributed by atoms with Crippen LogP contribution in [0.1, 0.15) is 25.3 Å². The highest BCUT2D eigenvalue weighted by Crippen LogP contribution is 2.26. The van der Waals surface area contributed by atoms with E-state index < -0.39 is 15.6 Å². The molecule has 128 valence electrons. The van der Waals surface area contributed by atoms with E-state index in [-0.39, 0.29) is 10.8 Å². The fraction of sp³-hybridized carbons (Fsp3) is 0.533. The number of primary sulfonamides is 1. The highest BCUT2D eigenvalue weighted by Gasteiger charge is 2.39. The first-order valence-electron chi connectivity index (χ1n) is 7.55. The lowest BCUT2D eigenvalue weighted by atomic mass is 9.91. The van der Waals surface area contributed by atoms with Gasteiger partial charge < -0.3 is 15.4 Å². The van der Waals surface area contributed by atoms with Crippen molar-refractivity contribution in [1.82, 2.24) is 5.32 Å². The highest BCUT2D eigenvalue weighted by atomic mass is 32.2. The second-order valence-electron chi connectivity index (χ2n) is 5.62. The summed E-state index contributed by atoms with van der Waals surface area (Å²) in [6, 6.07) is 4.74. The van der Waals surface area contributed by atoms with Gasteiger partial charge in [-0.15, -0.1) is 0 Å². The van der Waals surface area contributed by atoms with Crippen LogP contribution >= 0.6 is 0 Å². The largest absolute Gasteiger partial charge is 0.368 e. The molecule has 1 heterocycles. The van der Waals surface area contributed by atoms with Gasteiger partial charge in [-0.25, -0.2) is 13.6 Å². The van der Waals surface area contributed by atoms with Gasteiger partial charge in [0.05, 0.1) is 4.90 Å². The molecule has 1 aliphatic rings. The lowest BCUT2D eigenvalue weighted by molar-refractivity contribution is -0.140. The van der Waals surface area contributed by atoms with Crippen LogP contribution in [0.5, 0.6) is 0 Å². The summed E-state index contributed by atoms with van der Waals surface area (Å²) in [7, 11) is -2.33. The Morgan fingerprint density at radius 2 is 2.04 bits per heavy atom. The lowest BCUT2D eigenvalue weighted by Crippen LogP contribution is -2.51. The van der Waals surface area contributed by atoms with Gasteiger partial charge in [0.15, 0.2) is 0 Å². The molecule has 0 saturated carbocycles. The predicted molar refractivity (Wildman–Crippen MR) is 87.7 cm³/mol. The van der Waals surface area contributed by atoms with Gasteiger partial charge in [0, 0.05) is 12.8 Å². The van der Waals surface area contributed by atoms with Crippen molar-refractivity contribution >= 4 is 21.6 Å². The molecule has 1 amide bonds. The average Bonchev–Trinajstić information content (AvgIpc) is 2.54. The normalized spacial score (nSPS) is 17.7. The molecule has 1 saturated heterocycles. The number of aryl methyl sites for hydroxylation is 1. The van der Waals surface area contributed by atoms with Crippen LogP contribution in [0, 0.1) is 0 Å². The van der Waals surface area contributed by atoms with Crippen LogP contribution in [-0.4, -0.2) is 40.1 Å². The van der Waals surface area contributed by atoms with Crippen molar-refractivity contribution in [3.8, 4) is 0 Å². The second kappa shape index (κ2) is 6.96. The number of sulfonamides is 1. The Balaban J connectivity index is 2.27. The molecule has 4 N–H and O–H groups in total. The van der Waals surface area contributed by atoms with Crippen molar-refractivity contribution in [2.45, 2.75) is 36.7 Å². The van der Waals surface area contributed by atoms with Gasteiger partial charge in [-0.05, 0) is 50.0 Å². The van der Waals surface area contributed by atoms with Crippen molar-refractivity contribution in [3.05, 3.63) is 23.8 Å². The number of carbonyl (C=O) groups excluding carboxylic acids is 1. The monoisotopic (exact) mass is 341 g/mol. The van der Waals surface area contributed by atoms with Crippen LogP contribution in [0.25, 0.3) is 0 Å². The standard InChI is InChI=1S/C15H23N3O4S/c1-3-11-4-5-12(10-13(11)23(16,20)21)18-14(19)15(22-2)6-8-17-9-7-15/h4-5,10,17H,3,6-9H2,1-2H3,(H,18,19)(H2,16,20,21). The van der Waals surface area contributed by atoms with E-state index >= 15 is 0 Å². The van der Waals surface area contributed by atoms with Crippen LogP contribution in [0.3, 0.4) is 0 Å². The van der Waals surface area contributed by atoms with E-state index in [2.05, 4.69) is 10.6 Å². The minimum absolute atomic E-state index is 0.0366. The maximum atomic E-state index is 12.6. The summed E-state index contributed by atoms with van der Waals surface area (Å²) in [6.07, 6.45) is 1.66. The van der Waals surface area contributed by atoms with Gasteiger partial charge in [-0.1, -0.05) is 13.0 Å². The van der Waals surface area contributed by atoms with Crippen LogP contribution in [0.15, 0.2) is 23.1 Å². The third-order valence-corrected chi connectivity index (χ3v) is 5.22. The SMILES string of the molecule is CCc1ccc(NC(=O)C2(OC)CCNCC2)cc1S(N)(=O)=O. The number of ether oxygens (including phenoxy) is 1. The molecular formula is C15H23N3O4S. The van der Waals surface area contributed by atoms with Crippen molar-refractivity contribution in [2.75, 3.05) is 25.5 Å². The first kappa shape index (κ1) is 17.9. The maximum absolute atomic E-state index is 12.6. The average molecular weight is 341 g/mol. The molecule has 0 atom stereocenters. The molecule has 0 bridgehead atoms. The highest BCUT2D eigenvalue weighted by molar-refractivity contribution is 7.89. The summed E-state index contributed by atoms with van der Waals surface area (Å²) in [5.74, 6) is -0.272.